The first kappa shape index (κ1) is 21.3. The number of aliphatic hydroxyl groups is 2. The van der Waals surface area contributed by atoms with Gasteiger partial charge in [-0.05, 0) is 43.7 Å². The first-order chi connectivity index (χ1) is 14.8. The van der Waals surface area contributed by atoms with Gasteiger partial charge in [0.1, 0.15) is 48.9 Å². The number of nitrogens with zero attached hydrogens (tertiary/aromatic N) is 4. The van der Waals surface area contributed by atoms with Crippen LogP contribution in [0.25, 0.3) is 5.52 Å². The molecule has 1 aliphatic heterocycles. The van der Waals surface area contributed by atoms with Crippen molar-refractivity contribution in [3.8, 4) is 6.07 Å². The summed E-state index contributed by atoms with van der Waals surface area (Å²) in [6.45, 7) is 1.56. The molecule has 166 valence electrons. The molecule has 0 amide bonds. The molecule has 0 radical (unpaired) electrons. The number of anilines is 1. The van der Waals surface area contributed by atoms with E-state index in [1.807, 2.05) is 6.07 Å². The Balaban J connectivity index is 1.46. The van der Waals surface area contributed by atoms with Crippen LogP contribution in [0.5, 0.6) is 0 Å². The Bertz CT molecular complexity index is 998. The lowest BCUT2D eigenvalue weighted by Crippen LogP contribution is -2.46. The zero-order chi connectivity index (χ0) is 22.2. The molecule has 1 saturated heterocycles. The first-order valence-electron chi connectivity index (χ1n) is 10.2. The molecule has 2 aromatic heterocycles. The van der Waals surface area contributed by atoms with Crippen molar-refractivity contribution in [3.05, 3.63) is 24.2 Å². The number of hydrogen-bond acceptors (Lipinski definition) is 10. The van der Waals surface area contributed by atoms with Crippen molar-refractivity contribution in [2.24, 2.45) is 5.92 Å². The molecule has 2 aromatic rings. The fourth-order valence-electron chi connectivity index (χ4n) is 4.16. The summed E-state index contributed by atoms with van der Waals surface area (Å²) in [5.74, 6) is 0.827. The Morgan fingerprint density at radius 1 is 1.39 bits per heavy atom. The minimum Gasteiger partial charge on any atom is -0.431 e. The fourth-order valence-corrected chi connectivity index (χ4v) is 4.16. The zero-order valence-corrected chi connectivity index (χ0v) is 17.0. The number of carbonyl (C=O) groups excluding carboxylic acids is 1. The lowest BCUT2D eigenvalue weighted by molar-refractivity contribution is -0.0904. The molecule has 4 atom stereocenters. The Hall–Kier alpha value is -2.94. The quantitative estimate of drug-likeness (QED) is 0.597. The topological polar surface area (TPSA) is 165 Å². The van der Waals surface area contributed by atoms with Crippen LogP contribution in [0.4, 0.5) is 10.6 Å². The summed E-state index contributed by atoms with van der Waals surface area (Å²) < 4.78 is 17.6. The van der Waals surface area contributed by atoms with Gasteiger partial charge in [-0.25, -0.2) is 14.3 Å². The van der Waals surface area contributed by atoms with Crippen LogP contribution >= 0.6 is 0 Å². The number of nitriles is 1. The zero-order valence-electron chi connectivity index (χ0n) is 17.0. The first-order valence-corrected chi connectivity index (χ1v) is 10.2. The molecular formula is C20H25N5O6. The van der Waals surface area contributed by atoms with Gasteiger partial charge < -0.3 is 30.2 Å². The largest absolute Gasteiger partial charge is 0.508 e. The van der Waals surface area contributed by atoms with E-state index in [4.69, 9.17) is 19.9 Å². The Morgan fingerprint density at radius 3 is 2.84 bits per heavy atom. The van der Waals surface area contributed by atoms with Crippen molar-refractivity contribution >= 4 is 17.5 Å². The van der Waals surface area contributed by atoms with Gasteiger partial charge in [0.2, 0.25) is 5.60 Å². The second-order valence-corrected chi connectivity index (χ2v) is 8.21. The number of hydrogen-bond donors (Lipinski definition) is 3. The average Bonchev–Trinajstić information content (AvgIpc) is 3.30. The Morgan fingerprint density at radius 2 is 2.13 bits per heavy atom. The van der Waals surface area contributed by atoms with Crippen LogP contribution in [0.15, 0.2) is 18.5 Å². The van der Waals surface area contributed by atoms with Gasteiger partial charge in [-0.3, -0.25) is 0 Å². The van der Waals surface area contributed by atoms with Gasteiger partial charge in [-0.1, -0.05) is 6.92 Å². The van der Waals surface area contributed by atoms with Crippen molar-refractivity contribution in [3.63, 3.8) is 0 Å². The standard InChI is InChI=1S/C20H25N5O6/c1-11-2-4-12(5-3-11)30-19(28)29-9-20(8-21)17(27)15(26)16(31-20)13-6-7-14-18(22)23-10-24-25(13)14/h6-7,10-12,15-17,26-27H,2-5,9H2,1H3,(H2,22,23,24)/t11?,12?,15-,16-,17-,20+/m0/s1. The third kappa shape index (κ3) is 3.89. The van der Waals surface area contributed by atoms with Crippen LogP contribution in [-0.2, 0) is 14.2 Å². The summed E-state index contributed by atoms with van der Waals surface area (Å²) in [7, 11) is 0. The summed E-state index contributed by atoms with van der Waals surface area (Å²) >= 11 is 0. The number of fused-ring (bicyclic) bond motifs is 1. The van der Waals surface area contributed by atoms with Gasteiger partial charge in [-0.2, -0.15) is 10.4 Å². The molecule has 0 aromatic carbocycles. The van der Waals surface area contributed by atoms with Gasteiger partial charge in [0, 0.05) is 0 Å². The summed E-state index contributed by atoms with van der Waals surface area (Å²) in [5.41, 5.74) is 4.71. The number of aliphatic hydroxyl groups excluding tert-OH is 2. The van der Waals surface area contributed by atoms with E-state index >= 15 is 0 Å². The summed E-state index contributed by atoms with van der Waals surface area (Å²) in [4.78, 5) is 16.0. The van der Waals surface area contributed by atoms with Gasteiger partial charge in [0.05, 0.1) is 5.69 Å². The van der Waals surface area contributed by atoms with Crippen molar-refractivity contribution in [1.29, 1.82) is 5.26 Å². The van der Waals surface area contributed by atoms with Gasteiger partial charge in [-0.15, -0.1) is 0 Å². The lowest BCUT2D eigenvalue weighted by Gasteiger charge is -2.27. The smallest absolute Gasteiger partial charge is 0.431 e. The Labute approximate surface area is 178 Å². The number of aromatic nitrogens is 3. The summed E-state index contributed by atoms with van der Waals surface area (Å²) in [6, 6.07) is 5.08. The minimum absolute atomic E-state index is 0.226. The highest BCUT2D eigenvalue weighted by Crippen LogP contribution is 2.40. The number of carbonyl (C=O) groups is 1. The monoisotopic (exact) mass is 431 g/mol. The highest BCUT2D eigenvalue weighted by molar-refractivity contribution is 5.65. The predicted octanol–water partition coefficient (Wildman–Crippen LogP) is 1.10. The van der Waals surface area contributed by atoms with Crippen molar-refractivity contribution < 1.29 is 29.2 Å². The summed E-state index contributed by atoms with van der Waals surface area (Å²) in [5, 5.41) is 35.0. The molecule has 2 aliphatic rings. The van der Waals surface area contributed by atoms with Crippen molar-refractivity contribution in [2.75, 3.05) is 12.3 Å². The van der Waals surface area contributed by atoms with E-state index in [-0.39, 0.29) is 11.9 Å². The normalized spacial score (nSPS) is 33.2. The van der Waals surface area contributed by atoms with Crippen LogP contribution in [-0.4, -0.2) is 61.5 Å². The molecule has 4 N–H and O–H groups in total. The number of nitrogens with two attached hydrogens (primary N) is 1. The lowest BCUT2D eigenvalue weighted by atomic mass is 9.89. The van der Waals surface area contributed by atoms with Crippen LogP contribution in [0.1, 0.15) is 44.4 Å². The molecular weight excluding hydrogens is 406 g/mol. The SMILES string of the molecule is CC1CCC(OC(=O)OC[C@@]2(C#N)O[C@@H](c3ccc4c(N)ncnn34)[C@H](O)[C@@H]2O)CC1. The predicted molar refractivity (Wildman–Crippen MR) is 105 cm³/mol. The molecule has 4 rings (SSSR count). The van der Waals surface area contributed by atoms with Crippen LogP contribution < -0.4 is 5.73 Å². The maximum atomic E-state index is 12.1. The second kappa shape index (κ2) is 8.30. The molecule has 0 unspecified atom stereocenters. The minimum atomic E-state index is -1.97. The Kier molecular flexibility index (Phi) is 5.70. The van der Waals surface area contributed by atoms with Gasteiger partial charge in [0.25, 0.3) is 0 Å². The van der Waals surface area contributed by atoms with E-state index in [2.05, 4.69) is 17.0 Å². The molecule has 11 nitrogen and oxygen atoms in total. The fraction of sp³-hybridized carbons (Fsp3) is 0.600. The van der Waals surface area contributed by atoms with Crippen LogP contribution in [0.2, 0.25) is 0 Å². The molecule has 1 saturated carbocycles. The molecule has 1 aliphatic carbocycles. The second-order valence-electron chi connectivity index (χ2n) is 8.21. The maximum absolute atomic E-state index is 12.1. The van der Waals surface area contributed by atoms with E-state index in [9.17, 15) is 20.3 Å². The molecule has 2 fully saturated rings. The van der Waals surface area contributed by atoms with E-state index < -0.39 is 36.7 Å². The molecule has 31 heavy (non-hydrogen) atoms. The molecule has 0 spiro atoms. The van der Waals surface area contributed by atoms with Crippen LogP contribution in [0.3, 0.4) is 0 Å². The summed E-state index contributed by atoms with van der Waals surface area (Å²) in [6.07, 6.45) is -0.674. The number of rotatable bonds is 4. The highest BCUT2D eigenvalue weighted by Gasteiger charge is 2.57. The number of nitrogen functional groups attached to an aromatic ring is 1. The third-order valence-corrected chi connectivity index (χ3v) is 6.07. The maximum Gasteiger partial charge on any atom is 0.508 e. The van der Waals surface area contributed by atoms with Crippen LogP contribution in [0, 0.1) is 17.2 Å². The van der Waals surface area contributed by atoms with Gasteiger partial charge >= 0.3 is 6.16 Å². The third-order valence-electron chi connectivity index (χ3n) is 6.07. The average molecular weight is 431 g/mol. The molecule has 0 bridgehead atoms. The number of ether oxygens (including phenoxy) is 3. The molecule has 11 heteroatoms. The van der Waals surface area contributed by atoms with Crippen molar-refractivity contribution in [2.45, 2.75) is 62.6 Å². The highest BCUT2D eigenvalue weighted by atomic mass is 16.7. The van der Waals surface area contributed by atoms with E-state index in [1.54, 1.807) is 12.1 Å². The van der Waals surface area contributed by atoms with E-state index in [0.717, 1.165) is 25.7 Å². The van der Waals surface area contributed by atoms with E-state index in [1.165, 1.54) is 10.8 Å². The molecule has 3 heterocycles. The van der Waals surface area contributed by atoms with Gasteiger partial charge in [0.15, 0.2) is 5.82 Å². The van der Waals surface area contributed by atoms with E-state index in [0.29, 0.717) is 17.1 Å². The van der Waals surface area contributed by atoms with Crippen molar-refractivity contribution in [1.82, 2.24) is 14.6 Å².